The maximum Gasteiger partial charge on any atom is 0.337 e. The Morgan fingerprint density at radius 3 is 2.08 bits per heavy atom. The van der Waals surface area contributed by atoms with E-state index in [1.54, 1.807) is 0 Å². The van der Waals surface area contributed by atoms with Crippen LogP contribution in [0.25, 0.3) is 0 Å². The lowest BCUT2D eigenvalue weighted by atomic mass is 9.93. The van der Waals surface area contributed by atoms with Crippen molar-refractivity contribution in [1.29, 1.82) is 0 Å². The molecule has 26 heavy (non-hydrogen) atoms. The minimum atomic E-state index is -0.371. The normalized spacial score (nSPS) is 16.9. The number of ether oxygens (including phenoxy) is 2. The van der Waals surface area contributed by atoms with Crippen LogP contribution >= 0.6 is 0 Å². The number of esters is 1. The van der Waals surface area contributed by atoms with Crippen molar-refractivity contribution in [3.63, 3.8) is 0 Å². The largest absolute Gasteiger partial charge is 0.462 e. The predicted octanol–water partition coefficient (Wildman–Crippen LogP) is 4.38. The molecule has 5 nitrogen and oxygen atoms in total. The molecule has 0 spiro atoms. The quantitative estimate of drug-likeness (QED) is 0.235. The summed E-state index contributed by atoms with van der Waals surface area (Å²) in [6.07, 6.45) is 13.9. The second-order valence-corrected chi connectivity index (χ2v) is 7.38. The van der Waals surface area contributed by atoms with E-state index in [1.807, 2.05) is 0 Å². The second-order valence-electron chi connectivity index (χ2n) is 7.38. The van der Waals surface area contributed by atoms with Crippen LogP contribution < -0.4 is 5.32 Å². The van der Waals surface area contributed by atoms with Gasteiger partial charge in [-0.1, -0.05) is 78.1 Å². The maximum atomic E-state index is 12.5. The summed E-state index contributed by atoms with van der Waals surface area (Å²) in [4.78, 5) is 23.9. The molecule has 1 aliphatic heterocycles. The van der Waals surface area contributed by atoms with Gasteiger partial charge in [-0.2, -0.15) is 0 Å². The van der Waals surface area contributed by atoms with Gasteiger partial charge in [0.15, 0.2) is 6.10 Å². The number of nitrogens with one attached hydrogen (secondary N) is 1. The summed E-state index contributed by atoms with van der Waals surface area (Å²) >= 11 is 0. The third-order valence-corrected chi connectivity index (χ3v) is 4.92. The van der Waals surface area contributed by atoms with E-state index in [0.29, 0.717) is 13.2 Å². The molecule has 0 radical (unpaired) electrons. The van der Waals surface area contributed by atoms with Crippen molar-refractivity contribution in [1.82, 2.24) is 5.32 Å². The summed E-state index contributed by atoms with van der Waals surface area (Å²) in [5.41, 5.74) is 0. The molecule has 0 saturated carbocycles. The van der Waals surface area contributed by atoms with Gasteiger partial charge in [0, 0.05) is 5.92 Å². The van der Waals surface area contributed by atoms with Crippen molar-refractivity contribution >= 4 is 11.9 Å². The van der Waals surface area contributed by atoms with Crippen LogP contribution in [0.3, 0.4) is 0 Å². The number of rotatable bonds is 17. The first-order valence-corrected chi connectivity index (χ1v) is 10.7. The first-order valence-electron chi connectivity index (χ1n) is 10.7. The fourth-order valence-electron chi connectivity index (χ4n) is 3.14. The predicted molar refractivity (Wildman–Crippen MR) is 104 cm³/mol. The molecule has 1 aliphatic rings. The van der Waals surface area contributed by atoms with E-state index < -0.39 is 0 Å². The number of unbranched alkanes of at least 4 members (excludes halogenated alkanes) is 8. The standard InChI is InChI=1S/C21H39NO4/c1-3-5-7-9-10-12-14-18(13-11-8-6-4-2)20(23)22-15-16-25-21(24)19-17-26-19/h18-19H,3-17H2,1-2H3,(H,22,23). The summed E-state index contributed by atoms with van der Waals surface area (Å²) in [7, 11) is 0. The van der Waals surface area contributed by atoms with E-state index in [1.165, 1.54) is 51.4 Å². The molecule has 0 aromatic heterocycles. The molecular formula is C21H39NO4. The minimum absolute atomic E-state index is 0.0977. The van der Waals surface area contributed by atoms with Crippen LogP contribution in [0.1, 0.15) is 90.9 Å². The third-order valence-electron chi connectivity index (χ3n) is 4.92. The lowest BCUT2D eigenvalue weighted by Crippen LogP contribution is -2.34. The zero-order valence-electron chi connectivity index (χ0n) is 16.9. The Kier molecular flexibility index (Phi) is 13.2. The SMILES string of the molecule is CCCCCCCCC(CCCCCC)C(=O)NCCOC(=O)C1CO1. The zero-order chi connectivity index (χ0) is 19.0. The Balaban J connectivity index is 2.20. The number of amides is 1. The van der Waals surface area contributed by atoms with Crippen LogP contribution in [0.4, 0.5) is 0 Å². The Labute approximate surface area is 159 Å². The van der Waals surface area contributed by atoms with Gasteiger partial charge in [0.05, 0.1) is 13.2 Å². The highest BCUT2D eigenvalue weighted by molar-refractivity contribution is 5.79. The van der Waals surface area contributed by atoms with Gasteiger partial charge < -0.3 is 14.8 Å². The van der Waals surface area contributed by atoms with Gasteiger partial charge in [-0.3, -0.25) is 4.79 Å². The van der Waals surface area contributed by atoms with Gasteiger partial charge in [-0.25, -0.2) is 4.79 Å². The molecule has 1 saturated heterocycles. The average molecular weight is 370 g/mol. The third kappa shape index (κ3) is 11.5. The van der Waals surface area contributed by atoms with E-state index in [4.69, 9.17) is 9.47 Å². The van der Waals surface area contributed by atoms with E-state index >= 15 is 0 Å². The molecule has 2 atom stereocenters. The molecule has 1 N–H and O–H groups in total. The van der Waals surface area contributed by atoms with Crippen molar-refractivity contribution < 1.29 is 19.1 Å². The summed E-state index contributed by atoms with van der Waals surface area (Å²) in [6, 6.07) is 0. The number of hydrogen-bond donors (Lipinski definition) is 1. The van der Waals surface area contributed by atoms with E-state index in [0.717, 1.165) is 25.7 Å². The Hall–Kier alpha value is -1.10. The highest BCUT2D eigenvalue weighted by Gasteiger charge is 2.32. The molecule has 1 rings (SSSR count). The van der Waals surface area contributed by atoms with Gasteiger partial charge in [0.25, 0.3) is 0 Å². The van der Waals surface area contributed by atoms with Crippen molar-refractivity contribution in [2.45, 2.75) is 97.0 Å². The Bertz CT molecular complexity index is 382. The molecule has 0 aromatic carbocycles. The highest BCUT2D eigenvalue weighted by Crippen LogP contribution is 2.19. The molecule has 1 heterocycles. The number of epoxide rings is 1. The van der Waals surface area contributed by atoms with Gasteiger partial charge in [0.1, 0.15) is 6.61 Å². The topological polar surface area (TPSA) is 67.9 Å². The van der Waals surface area contributed by atoms with Gasteiger partial charge in [-0.05, 0) is 12.8 Å². The lowest BCUT2D eigenvalue weighted by molar-refractivity contribution is -0.145. The van der Waals surface area contributed by atoms with Crippen LogP contribution in [-0.2, 0) is 19.1 Å². The smallest absolute Gasteiger partial charge is 0.337 e. The van der Waals surface area contributed by atoms with Crippen LogP contribution in [0, 0.1) is 5.92 Å². The van der Waals surface area contributed by atoms with Crippen LogP contribution in [0.5, 0.6) is 0 Å². The lowest BCUT2D eigenvalue weighted by Gasteiger charge is -2.17. The van der Waals surface area contributed by atoms with E-state index in [2.05, 4.69) is 19.2 Å². The fourth-order valence-corrected chi connectivity index (χ4v) is 3.14. The molecule has 0 bridgehead atoms. The first-order chi connectivity index (χ1) is 12.7. The van der Waals surface area contributed by atoms with Crippen LogP contribution in [-0.4, -0.2) is 37.7 Å². The molecular weight excluding hydrogens is 330 g/mol. The summed E-state index contributed by atoms with van der Waals surface area (Å²) in [6.45, 7) is 5.51. The van der Waals surface area contributed by atoms with Crippen LogP contribution in [0.15, 0.2) is 0 Å². The van der Waals surface area contributed by atoms with Crippen molar-refractivity contribution in [2.24, 2.45) is 5.92 Å². The second kappa shape index (κ2) is 15.0. The average Bonchev–Trinajstić information content (AvgIpc) is 3.48. The highest BCUT2D eigenvalue weighted by atomic mass is 16.6. The van der Waals surface area contributed by atoms with Gasteiger partial charge in [-0.15, -0.1) is 0 Å². The number of carbonyl (C=O) groups is 2. The summed E-state index contributed by atoms with van der Waals surface area (Å²) in [5, 5.41) is 2.94. The first kappa shape index (κ1) is 22.9. The van der Waals surface area contributed by atoms with E-state index in [-0.39, 0.29) is 30.5 Å². The van der Waals surface area contributed by atoms with Crippen LogP contribution in [0.2, 0.25) is 0 Å². The summed E-state index contributed by atoms with van der Waals surface area (Å²) in [5.74, 6) is -0.100. The van der Waals surface area contributed by atoms with Crippen molar-refractivity contribution in [3.8, 4) is 0 Å². The minimum Gasteiger partial charge on any atom is -0.462 e. The van der Waals surface area contributed by atoms with Gasteiger partial charge >= 0.3 is 5.97 Å². The van der Waals surface area contributed by atoms with Crippen molar-refractivity contribution in [3.05, 3.63) is 0 Å². The number of carbonyl (C=O) groups excluding carboxylic acids is 2. The van der Waals surface area contributed by atoms with Crippen molar-refractivity contribution in [2.75, 3.05) is 19.8 Å². The van der Waals surface area contributed by atoms with E-state index in [9.17, 15) is 9.59 Å². The Morgan fingerprint density at radius 1 is 0.962 bits per heavy atom. The zero-order valence-corrected chi connectivity index (χ0v) is 16.9. The summed E-state index contributed by atoms with van der Waals surface area (Å²) < 4.78 is 9.93. The molecule has 0 aromatic rings. The maximum absolute atomic E-state index is 12.5. The molecule has 5 heteroatoms. The van der Waals surface area contributed by atoms with Gasteiger partial charge in [0.2, 0.25) is 5.91 Å². The molecule has 1 amide bonds. The molecule has 0 aliphatic carbocycles. The molecule has 152 valence electrons. The fraction of sp³-hybridized carbons (Fsp3) is 0.905. The Morgan fingerprint density at radius 2 is 1.50 bits per heavy atom. The molecule has 2 unspecified atom stereocenters. The monoisotopic (exact) mass is 369 g/mol. The number of hydrogen-bond acceptors (Lipinski definition) is 4. The molecule has 1 fully saturated rings.